The van der Waals surface area contributed by atoms with E-state index in [2.05, 4.69) is 9.97 Å². The van der Waals surface area contributed by atoms with Gasteiger partial charge in [-0.3, -0.25) is 0 Å². The van der Waals surface area contributed by atoms with Crippen molar-refractivity contribution in [1.29, 1.82) is 0 Å². The van der Waals surface area contributed by atoms with Crippen LogP contribution in [-0.4, -0.2) is 27.7 Å². The molecule has 1 fully saturated rings. The highest BCUT2D eigenvalue weighted by Gasteiger charge is 2.21. The molecule has 2 aromatic heterocycles. The number of carboxylic acid groups (broad SMARTS) is 1. The average molecular weight is 258 g/mol. The normalized spacial score (nSPS) is 14.5. The molecular formula is C14H14N2O3. The predicted molar refractivity (Wildman–Crippen MR) is 69.3 cm³/mol. The highest BCUT2D eigenvalue weighted by Crippen LogP contribution is 2.32. The molecule has 0 aromatic carbocycles. The van der Waals surface area contributed by atoms with Crippen molar-refractivity contribution in [3.8, 4) is 5.88 Å². The van der Waals surface area contributed by atoms with Gasteiger partial charge in [-0.1, -0.05) is 18.9 Å². The lowest BCUT2D eigenvalue weighted by Crippen LogP contribution is -2.04. The summed E-state index contributed by atoms with van der Waals surface area (Å²) in [5.74, 6) is 0.161. The maximum Gasteiger partial charge on any atom is 0.354 e. The van der Waals surface area contributed by atoms with E-state index in [0.29, 0.717) is 18.0 Å². The monoisotopic (exact) mass is 258 g/mol. The van der Waals surface area contributed by atoms with E-state index in [4.69, 9.17) is 9.84 Å². The molecule has 0 aliphatic heterocycles. The molecule has 1 aliphatic carbocycles. The number of ether oxygens (including phenoxy) is 1. The second-order valence-corrected chi connectivity index (χ2v) is 4.77. The zero-order valence-electron chi connectivity index (χ0n) is 10.4. The number of nitrogens with zero attached hydrogens (tertiary/aromatic N) is 2. The molecule has 0 saturated heterocycles. The third kappa shape index (κ3) is 2.65. The maximum atomic E-state index is 10.9. The molecule has 2 aromatic rings. The first kappa shape index (κ1) is 11.9. The highest BCUT2D eigenvalue weighted by atomic mass is 16.5. The largest absolute Gasteiger partial charge is 0.477 e. The van der Waals surface area contributed by atoms with Gasteiger partial charge >= 0.3 is 5.97 Å². The first-order valence-corrected chi connectivity index (χ1v) is 6.36. The molecule has 1 N–H and O–H groups in total. The van der Waals surface area contributed by atoms with E-state index in [1.807, 2.05) is 0 Å². The third-order valence-electron chi connectivity index (χ3n) is 3.26. The number of pyridine rings is 2. The van der Waals surface area contributed by atoms with Gasteiger partial charge < -0.3 is 9.84 Å². The fraction of sp³-hybridized carbons (Fsp3) is 0.357. The minimum atomic E-state index is -1.05. The quantitative estimate of drug-likeness (QED) is 0.892. The van der Waals surface area contributed by atoms with Gasteiger partial charge in [-0.05, 0) is 24.5 Å². The summed E-state index contributed by atoms with van der Waals surface area (Å²) in [6.07, 6.45) is 5.25. The first-order valence-electron chi connectivity index (χ1n) is 6.36. The Balaban J connectivity index is 1.87. The zero-order valence-corrected chi connectivity index (χ0v) is 10.4. The molecule has 0 radical (unpaired) electrons. The topological polar surface area (TPSA) is 72.3 Å². The van der Waals surface area contributed by atoms with Crippen LogP contribution in [0.5, 0.6) is 5.88 Å². The van der Waals surface area contributed by atoms with Crippen molar-refractivity contribution in [2.24, 2.45) is 5.92 Å². The van der Waals surface area contributed by atoms with Crippen LogP contribution in [-0.2, 0) is 0 Å². The van der Waals surface area contributed by atoms with Gasteiger partial charge in [0.1, 0.15) is 11.2 Å². The van der Waals surface area contributed by atoms with Crippen LogP contribution in [0.4, 0.5) is 0 Å². The number of carboxylic acids is 1. The molecule has 0 atom stereocenters. The van der Waals surface area contributed by atoms with Crippen molar-refractivity contribution in [3.63, 3.8) is 0 Å². The van der Waals surface area contributed by atoms with Crippen molar-refractivity contribution in [2.75, 3.05) is 6.61 Å². The molecular weight excluding hydrogens is 244 g/mol. The van der Waals surface area contributed by atoms with Crippen LogP contribution in [0.3, 0.4) is 0 Å². The first-order chi connectivity index (χ1) is 9.24. The predicted octanol–water partition coefficient (Wildman–Crippen LogP) is 2.51. The zero-order chi connectivity index (χ0) is 13.2. The van der Waals surface area contributed by atoms with Gasteiger partial charge in [0.05, 0.1) is 6.61 Å². The second kappa shape index (κ2) is 4.84. The van der Waals surface area contributed by atoms with E-state index >= 15 is 0 Å². The van der Waals surface area contributed by atoms with Crippen LogP contribution in [0.25, 0.3) is 10.9 Å². The number of carbonyl (C=O) groups is 1. The van der Waals surface area contributed by atoms with E-state index < -0.39 is 5.97 Å². The van der Waals surface area contributed by atoms with Crippen molar-refractivity contribution in [2.45, 2.75) is 19.3 Å². The molecule has 1 aliphatic rings. The van der Waals surface area contributed by atoms with Crippen LogP contribution in [0.2, 0.25) is 0 Å². The minimum absolute atomic E-state index is 0.00698. The summed E-state index contributed by atoms with van der Waals surface area (Å²) in [6.45, 7) is 0.607. The van der Waals surface area contributed by atoms with Crippen LogP contribution >= 0.6 is 0 Å². The second-order valence-electron chi connectivity index (χ2n) is 4.77. The van der Waals surface area contributed by atoms with Crippen LogP contribution < -0.4 is 4.74 Å². The van der Waals surface area contributed by atoms with Gasteiger partial charge in [-0.2, -0.15) is 0 Å². The van der Waals surface area contributed by atoms with E-state index in [-0.39, 0.29) is 5.69 Å². The van der Waals surface area contributed by atoms with Crippen LogP contribution in [0, 0.1) is 5.92 Å². The van der Waals surface area contributed by atoms with Gasteiger partial charge in [-0.15, -0.1) is 0 Å². The lowest BCUT2D eigenvalue weighted by molar-refractivity contribution is 0.0691. The lowest BCUT2D eigenvalue weighted by Gasteiger charge is -2.07. The van der Waals surface area contributed by atoms with Gasteiger partial charge in [0.2, 0.25) is 5.88 Å². The smallest absolute Gasteiger partial charge is 0.354 e. The van der Waals surface area contributed by atoms with E-state index in [0.717, 1.165) is 17.7 Å². The Bertz CT molecular complexity index is 623. The Morgan fingerprint density at radius 2 is 2.21 bits per heavy atom. The molecule has 0 amide bonds. The highest BCUT2D eigenvalue weighted by molar-refractivity contribution is 5.91. The molecule has 0 bridgehead atoms. The fourth-order valence-corrected chi connectivity index (χ4v) is 1.98. The molecule has 0 spiro atoms. The van der Waals surface area contributed by atoms with Gasteiger partial charge in [0, 0.05) is 11.6 Å². The number of rotatable bonds is 5. The Hall–Kier alpha value is -2.17. The number of hydrogen-bond acceptors (Lipinski definition) is 4. The number of aromatic nitrogens is 2. The summed E-state index contributed by atoms with van der Waals surface area (Å²) in [5, 5.41) is 9.80. The summed E-state index contributed by atoms with van der Waals surface area (Å²) in [5.41, 5.74) is 0.519. The number of fused-ring (bicyclic) bond motifs is 1. The molecule has 3 rings (SSSR count). The van der Waals surface area contributed by atoms with Crippen LogP contribution in [0.15, 0.2) is 24.4 Å². The van der Waals surface area contributed by atoms with E-state index in [9.17, 15) is 4.79 Å². The fourth-order valence-electron chi connectivity index (χ4n) is 1.98. The SMILES string of the molecule is O=C(O)c1ccc2ccnc(OCCC3CC3)c2n1. The Kier molecular flexibility index (Phi) is 3.03. The molecule has 2 heterocycles. The number of hydrogen-bond donors (Lipinski definition) is 1. The van der Waals surface area contributed by atoms with E-state index in [1.165, 1.54) is 18.9 Å². The summed E-state index contributed by atoms with van der Waals surface area (Å²) < 4.78 is 5.64. The summed E-state index contributed by atoms with van der Waals surface area (Å²) in [6, 6.07) is 5.00. The van der Waals surface area contributed by atoms with Crippen molar-refractivity contribution in [3.05, 3.63) is 30.1 Å². The Morgan fingerprint density at radius 1 is 1.37 bits per heavy atom. The Morgan fingerprint density at radius 3 is 2.95 bits per heavy atom. The van der Waals surface area contributed by atoms with Crippen LogP contribution in [0.1, 0.15) is 29.8 Å². The molecule has 5 nitrogen and oxygen atoms in total. The maximum absolute atomic E-state index is 10.9. The molecule has 0 unspecified atom stereocenters. The van der Waals surface area contributed by atoms with Gasteiger partial charge in [0.25, 0.3) is 0 Å². The molecule has 1 saturated carbocycles. The molecule has 19 heavy (non-hydrogen) atoms. The standard InChI is InChI=1S/C14H14N2O3/c17-14(18)11-4-3-10-5-7-15-13(12(10)16-11)19-8-6-9-1-2-9/h3-5,7,9H,1-2,6,8H2,(H,17,18). The van der Waals surface area contributed by atoms with Gasteiger partial charge in [0.15, 0.2) is 0 Å². The van der Waals surface area contributed by atoms with Crippen molar-refractivity contribution < 1.29 is 14.6 Å². The van der Waals surface area contributed by atoms with E-state index in [1.54, 1.807) is 18.3 Å². The molecule has 5 heteroatoms. The minimum Gasteiger partial charge on any atom is -0.477 e. The number of aromatic carboxylic acids is 1. The molecule has 98 valence electrons. The average Bonchev–Trinajstić information content (AvgIpc) is 3.22. The van der Waals surface area contributed by atoms with Crippen molar-refractivity contribution in [1.82, 2.24) is 9.97 Å². The summed E-state index contributed by atoms with van der Waals surface area (Å²) in [4.78, 5) is 19.2. The lowest BCUT2D eigenvalue weighted by atomic mass is 10.2. The van der Waals surface area contributed by atoms with Gasteiger partial charge in [-0.25, -0.2) is 14.8 Å². The summed E-state index contributed by atoms with van der Waals surface area (Å²) >= 11 is 0. The summed E-state index contributed by atoms with van der Waals surface area (Å²) in [7, 11) is 0. The van der Waals surface area contributed by atoms with Crippen molar-refractivity contribution >= 4 is 16.9 Å². The third-order valence-corrected chi connectivity index (χ3v) is 3.26. The Labute approximate surface area is 110 Å².